The molecule has 22 heavy (non-hydrogen) atoms. The molecular weight excluding hydrogens is 290 g/mol. The number of carbonyl (C=O) groups is 1. The van der Waals surface area contributed by atoms with Gasteiger partial charge in [-0.3, -0.25) is 4.79 Å². The zero-order chi connectivity index (χ0) is 16.3. The van der Waals surface area contributed by atoms with Crippen LogP contribution in [0.5, 0.6) is 5.75 Å². The molecule has 7 nitrogen and oxygen atoms in total. The maximum absolute atomic E-state index is 11.3. The Morgan fingerprint density at radius 3 is 2.45 bits per heavy atom. The zero-order valence-electron chi connectivity index (χ0n) is 12.5. The lowest BCUT2D eigenvalue weighted by Crippen LogP contribution is -2.65. The van der Waals surface area contributed by atoms with Crippen molar-refractivity contribution in [1.82, 2.24) is 5.32 Å². The van der Waals surface area contributed by atoms with Crippen LogP contribution < -0.4 is 10.1 Å². The van der Waals surface area contributed by atoms with Gasteiger partial charge in [0.25, 0.3) is 0 Å². The average molecular weight is 311 g/mol. The molecule has 0 saturated carbocycles. The number of hydrogen-bond acceptors (Lipinski definition) is 6. The lowest BCUT2D eigenvalue weighted by atomic mass is 9.97. The van der Waals surface area contributed by atoms with Crippen molar-refractivity contribution in [3.63, 3.8) is 0 Å². The van der Waals surface area contributed by atoms with Crippen molar-refractivity contribution in [2.24, 2.45) is 0 Å². The largest absolute Gasteiger partial charge is 0.463 e. The van der Waals surface area contributed by atoms with Crippen molar-refractivity contribution < 1.29 is 29.6 Å². The summed E-state index contributed by atoms with van der Waals surface area (Å²) in [5, 5.41) is 31.8. The Kier molecular flexibility index (Phi) is 5.36. The summed E-state index contributed by atoms with van der Waals surface area (Å²) in [6, 6.07) is 6.21. The van der Waals surface area contributed by atoms with Gasteiger partial charge in [-0.2, -0.15) is 0 Å². The molecule has 0 radical (unpaired) electrons. The standard InChI is InChI=1S/C15H21NO6/c1-8-3-5-10(6-4-8)21-15-12(16-9(2)18)14(20)13(19)11(7-17)22-15/h3-6,11-15,17,19-20H,7H2,1-2H3,(H,16,18)/t11-,12-,13+,14+,15+/m1/s1. The van der Waals surface area contributed by atoms with E-state index in [2.05, 4.69) is 5.32 Å². The molecule has 1 amide bonds. The van der Waals surface area contributed by atoms with Gasteiger partial charge >= 0.3 is 0 Å². The van der Waals surface area contributed by atoms with Crippen LogP contribution in [0.15, 0.2) is 24.3 Å². The number of aryl methyl sites for hydroxylation is 1. The highest BCUT2D eigenvalue weighted by atomic mass is 16.7. The second kappa shape index (κ2) is 7.06. The van der Waals surface area contributed by atoms with Crippen LogP contribution in [0.25, 0.3) is 0 Å². The average Bonchev–Trinajstić information content (AvgIpc) is 2.48. The molecule has 1 aliphatic rings. The Labute approximate surface area is 128 Å². The predicted molar refractivity (Wildman–Crippen MR) is 77.2 cm³/mol. The number of aliphatic hydroxyl groups excluding tert-OH is 3. The molecule has 1 fully saturated rings. The monoisotopic (exact) mass is 311 g/mol. The third-order valence-corrected chi connectivity index (χ3v) is 3.52. The fourth-order valence-electron chi connectivity index (χ4n) is 2.32. The van der Waals surface area contributed by atoms with Gasteiger partial charge in [-0.15, -0.1) is 0 Å². The van der Waals surface area contributed by atoms with E-state index >= 15 is 0 Å². The van der Waals surface area contributed by atoms with Gasteiger partial charge in [-0.05, 0) is 19.1 Å². The highest BCUT2D eigenvalue weighted by Crippen LogP contribution is 2.24. The van der Waals surface area contributed by atoms with Crippen molar-refractivity contribution in [2.45, 2.75) is 44.5 Å². The maximum Gasteiger partial charge on any atom is 0.223 e. The fraction of sp³-hybridized carbons (Fsp3) is 0.533. The first kappa shape index (κ1) is 16.7. The molecule has 0 unspecified atom stereocenters. The number of hydrogen-bond donors (Lipinski definition) is 4. The van der Waals surface area contributed by atoms with Crippen LogP contribution in [0, 0.1) is 6.92 Å². The number of aliphatic hydroxyl groups is 3. The van der Waals surface area contributed by atoms with Gasteiger partial charge in [-0.25, -0.2) is 0 Å². The Hall–Kier alpha value is -1.67. The zero-order valence-corrected chi connectivity index (χ0v) is 12.5. The molecule has 1 heterocycles. The topological polar surface area (TPSA) is 108 Å². The van der Waals surface area contributed by atoms with E-state index in [1.165, 1.54) is 6.92 Å². The molecule has 122 valence electrons. The summed E-state index contributed by atoms with van der Waals surface area (Å²) in [5.41, 5.74) is 1.05. The molecule has 2 rings (SSSR count). The van der Waals surface area contributed by atoms with Crippen LogP contribution in [0.3, 0.4) is 0 Å². The van der Waals surface area contributed by atoms with Gasteiger partial charge in [-0.1, -0.05) is 17.7 Å². The molecule has 0 bridgehead atoms. The van der Waals surface area contributed by atoms with Crippen LogP contribution in [0.2, 0.25) is 0 Å². The first-order chi connectivity index (χ1) is 10.4. The van der Waals surface area contributed by atoms with E-state index in [4.69, 9.17) is 9.47 Å². The van der Waals surface area contributed by atoms with E-state index < -0.39 is 37.3 Å². The van der Waals surface area contributed by atoms with Crippen molar-refractivity contribution in [3.05, 3.63) is 29.8 Å². The highest BCUT2D eigenvalue weighted by Gasteiger charge is 2.46. The summed E-state index contributed by atoms with van der Waals surface area (Å²) in [6.07, 6.45) is -4.65. The minimum Gasteiger partial charge on any atom is -0.463 e. The third-order valence-electron chi connectivity index (χ3n) is 3.52. The molecular formula is C15H21NO6. The van der Waals surface area contributed by atoms with Crippen LogP contribution in [0.4, 0.5) is 0 Å². The van der Waals surface area contributed by atoms with Crippen LogP contribution in [0.1, 0.15) is 12.5 Å². The summed E-state index contributed by atoms with van der Waals surface area (Å²) in [5.74, 6) is 0.103. The number of carbonyl (C=O) groups excluding carboxylic acids is 1. The minimum atomic E-state index is -1.32. The third kappa shape index (κ3) is 3.75. The van der Waals surface area contributed by atoms with Crippen LogP contribution in [-0.2, 0) is 9.53 Å². The fourth-order valence-corrected chi connectivity index (χ4v) is 2.32. The lowest BCUT2D eigenvalue weighted by molar-refractivity contribution is -0.244. The van der Waals surface area contributed by atoms with E-state index in [1.807, 2.05) is 19.1 Å². The van der Waals surface area contributed by atoms with Crippen LogP contribution >= 0.6 is 0 Å². The van der Waals surface area contributed by atoms with E-state index in [0.717, 1.165) is 5.56 Å². The molecule has 5 atom stereocenters. The summed E-state index contributed by atoms with van der Waals surface area (Å²) in [7, 11) is 0. The van der Waals surface area contributed by atoms with Crippen molar-refractivity contribution >= 4 is 5.91 Å². The normalized spacial score (nSPS) is 31.6. The summed E-state index contributed by atoms with van der Waals surface area (Å²) in [4.78, 5) is 11.3. The summed E-state index contributed by atoms with van der Waals surface area (Å²) < 4.78 is 11.1. The van der Waals surface area contributed by atoms with Gasteiger partial charge in [0.1, 0.15) is 30.1 Å². The quantitative estimate of drug-likeness (QED) is 0.587. The van der Waals surface area contributed by atoms with E-state index in [0.29, 0.717) is 5.75 Å². The SMILES string of the molecule is CC(=O)N[C@H]1[C@@H](Oc2ccc(C)cc2)O[C@H](CO)[C@H](O)[C@H]1O. The molecule has 1 aromatic carbocycles. The smallest absolute Gasteiger partial charge is 0.223 e. The van der Waals surface area contributed by atoms with Crippen molar-refractivity contribution in [1.29, 1.82) is 0 Å². The molecule has 4 N–H and O–H groups in total. The predicted octanol–water partition coefficient (Wildman–Crippen LogP) is -0.682. The van der Waals surface area contributed by atoms with E-state index in [1.54, 1.807) is 12.1 Å². The Morgan fingerprint density at radius 2 is 1.91 bits per heavy atom. The number of nitrogens with one attached hydrogen (secondary N) is 1. The minimum absolute atomic E-state index is 0.389. The number of amides is 1. The molecule has 7 heteroatoms. The first-order valence-electron chi connectivity index (χ1n) is 7.05. The van der Waals surface area contributed by atoms with Gasteiger partial charge in [0.2, 0.25) is 12.2 Å². The first-order valence-corrected chi connectivity index (χ1v) is 7.05. The van der Waals surface area contributed by atoms with E-state index in [9.17, 15) is 20.1 Å². The second-order valence-electron chi connectivity index (χ2n) is 5.36. The summed E-state index contributed by atoms with van der Waals surface area (Å²) in [6.45, 7) is 2.75. The molecule has 1 saturated heterocycles. The number of benzene rings is 1. The van der Waals surface area contributed by atoms with Crippen LogP contribution in [-0.4, -0.2) is 58.5 Å². The highest BCUT2D eigenvalue weighted by molar-refractivity contribution is 5.73. The molecule has 0 aromatic heterocycles. The molecule has 1 aromatic rings. The molecule has 1 aliphatic heterocycles. The van der Waals surface area contributed by atoms with Crippen molar-refractivity contribution in [2.75, 3.05) is 6.61 Å². The van der Waals surface area contributed by atoms with Gasteiger partial charge in [0, 0.05) is 6.92 Å². The Balaban J connectivity index is 2.18. The van der Waals surface area contributed by atoms with E-state index in [-0.39, 0.29) is 5.91 Å². The Morgan fingerprint density at radius 1 is 1.27 bits per heavy atom. The maximum atomic E-state index is 11.3. The molecule has 0 spiro atoms. The lowest BCUT2D eigenvalue weighted by Gasteiger charge is -2.42. The Bertz CT molecular complexity index is 505. The second-order valence-corrected chi connectivity index (χ2v) is 5.36. The van der Waals surface area contributed by atoms with Gasteiger partial charge in [0.15, 0.2) is 0 Å². The molecule has 0 aliphatic carbocycles. The number of rotatable bonds is 4. The van der Waals surface area contributed by atoms with Crippen molar-refractivity contribution in [3.8, 4) is 5.75 Å². The number of ether oxygens (including phenoxy) is 2. The van der Waals surface area contributed by atoms with Gasteiger partial charge in [0.05, 0.1) is 6.61 Å². The van der Waals surface area contributed by atoms with Gasteiger partial charge < -0.3 is 30.1 Å². The summed E-state index contributed by atoms with van der Waals surface area (Å²) >= 11 is 0.